The SMILES string of the molecule is CSN(SC)C(=O)N(C(=N)OC(C)C)C(=O)N(C)C. The Balaban J connectivity index is 5.22. The zero-order valence-corrected chi connectivity index (χ0v) is 13.6. The number of ether oxygens (including phenoxy) is 1. The first kappa shape index (κ1) is 17.9. The molecule has 0 aromatic rings. The van der Waals surface area contributed by atoms with Crippen LogP contribution in [-0.2, 0) is 4.74 Å². The summed E-state index contributed by atoms with van der Waals surface area (Å²) in [5, 5.41) is 7.76. The van der Waals surface area contributed by atoms with Crippen molar-refractivity contribution in [1.29, 1.82) is 5.41 Å². The van der Waals surface area contributed by atoms with Gasteiger partial charge in [0.15, 0.2) is 0 Å². The molecule has 0 aromatic heterocycles. The summed E-state index contributed by atoms with van der Waals surface area (Å²) in [7, 11) is 3.02. The molecule has 19 heavy (non-hydrogen) atoms. The Morgan fingerprint density at radius 2 is 1.58 bits per heavy atom. The second-order valence-corrected chi connectivity index (χ2v) is 5.58. The lowest BCUT2D eigenvalue weighted by Gasteiger charge is -2.28. The van der Waals surface area contributed by atoms with Crippen LogP contribution in [0.15, 0.2) is 0 Å². The monoisotopic (exact) mass is 308 g/mol. The van der Waals surface area contributed by atoms with Crippen LogP contribution < -0.4 is 0 Å². The maximum atomic E-state index is 12.2. The van der Waals surface area contributed by atoms with Gasteiger partial charge in [0.25, 0.3) is 0 Å². The molecule has 0 unspecified atom stereocenters. The molecule has 7 nitrogen and oxygen atoms in total. The first-order valence-corrected chi connectivity index (χ1v) is 7.81. The van der Waals surface area contributed by atoms with Gasteiger partial charge in [-0.2, -0.15) is 4.90 Å². The maximum absolute atomic E-state index is 12.2. The smallest absolute Gasteiger partial charge is 0.356 e. The summed E-state index contributed by atoms with van der Waals surface area (Å²) < 4.78 is 6.43. The second kappa shape index (κ2) is 8.16. The van der Waals surface area contributed by atoms with Crippen molar-refractivity contribution >= 4 is 42.0 Å². The van der Waals surface area contributed by atoms with Crippen LogP contribution in [0.2, 0.25) is 0 Å². The lowest BCUT2D eigenvalue weighted by atomic mass is 10.5. The molecule has 0 radical (unpaired) electrons. The predicted octanol–water partition coefficient (Wildman–Crippen LogP) is 2.31. The predicted molar refractivity (Wildman–Crippen MR) is 79.1 cm³/mol. The third-order valence-electron chi connectivity index (χ3n) is 1.80. The van der Waals surface area contributed by atoms with Crippen LogP contribution in [0.25, 0.3) is 0 Å². The number of hydrogen-bond acceptors (Lipinski definition) is 6. The number of rotatable bonds is 3. The molecule has 1 N–H and O–H groups in total. The van der Waals surface area contributed by atoms with Crippen molar-refractivity contribution in [1.82, 2.24) is 13.5 Å². The molecule has 4 amide bonds. The molecule has 0 saturated heterocycles. The van der Waals surface area contributed by atoms with E-state index < -0.39 is 18.1 Å². The molecule has 0 aromatic carbocycles. The first-order chi connectivity index (χ1) is 8.76. The summed E-state index contributed by atoms with van der Waals surface area (Å²) in [6, 6.07) is -1.72. The number of urea groups is 2. The summed E-state index contributed by atoms with van der Waals surface area (Å²) in [6.07, 6.45) is 3.12. The van der Waals surface area contributed by atoms with Crippen molar-refractivity contribution in [2.75, 3.05) is 26.6 Å². The van der Waals surface area contributed by atoms with E-state index in [1.54, 1.807) is 26.4 Å². The second-order valence-electron chi connectivity index (χ2n) is 3.89. The van der Waals surface area contributed by atoms with Gasteiger partial charge in [-0.3, -0.25) is 5.41 Å². The standard InChI is InChI=1S/C10H20N4O3S2/c1-7(2)17-8(11)13(9(15)12(3)4)10(16)14(18-5)19-6/h7,11H,1-6H3. The van der Waals surface area contributed by atoms with Crippen LogP contribution in [0.4, 0.5) is 9.59 Å². The Hall–Kier alpha value is -1.09. The van der Waals surface area contributed by atoms with Crippen LogP contribution in [-0.4, -0.2) is 64.3 Å². The number of hydrogen-bond donors (Lipinski definition) is 1. The van der Waals surface area contributed by atoms with Crippen LogP contribution in [0.1, 0.15) is 13.8 Å². The van der Waals surface area contributed by atoms with E-state index in [0.717, 1.165) is 23.9 Å². The van der Waals surface area contributed by atoms with E-state index in [-0.39, 0.29) is 6.10 Å². The fourth-order valence-corrected chi connectivity index (χ4v) is 2.12. The number of carbonyl (C=O) groups excluding carboxylic acids is 2. The normalized spacial score (nSPS) is 10.1. The van der Waals surface area contributed by atoms with Crippen molar-refractivity contribution in [2.45, 2.75) is 20.0 Å². The van der Waals surface area contributed by atoms with Crippen LogP contribution in [0.5, 0.6) is 0 Å². The van der Waals surface area contributed by atoms with Crippen molar-refractivity contribution in [2.24, 2.45) is 0 Å². The minimum atomic E-state index is -0.622. The van der Waals surface area contributed by atoms with Gasteiger partial charge >= 0.3 is 18.1 Å². The Labute approximate surface area is 122 Å². The fourth-order valence-electron chi connectivity index (χ4n) is 1.04. The van der Waals surface area contributed by atoms with E-state index in [2.05, 4.69) is 0 Å². The van der Waals surface area contributed by atoms with Gasteiger partial charge in [-0.1, -0.05) is 0 Å². The van der Waals surface area contributed by atoms with E-state index in [9.17, 15) is 9.59 Å². The fraction of sp³-hybridized carbons (Fsp3) is 0.700. The van der Waals surface area contributed by atoms with Crippen LogP contribution in [0.3, 0.4) is 0 Å². The van der Waals surface area contributed by atoms with Crippen LogP contribution in [0, 0.1) is 5.41 Å². The number of carbonyl (C=O) groups is 2. The molecule has 0 heterocycles. The molecular weight excluding hydrogens is 288 g/mol. The van der Waals surface area contributed by atoms with E-state index in [0.29, 0.717) is 4.90 Å². The van der Waals surface area contributed by atoms with Gasteiger partial charge in [-0.15, -0.1) is 0 Å². The molecule has 110 valence electrons. The lowest BCUT2D eigenvalue weighted by molar-refractivity contribution is 0.155. The average Bonchev–Trinajstić information content (AvgIpc) is 2.29. The minimum Gasteiger partial charge on any atom is -0.462 e. The van der Waals surface area contributed by atoms with Gasteiger partial charge in [0, 0.05) is 26.6 Å². The zero-order chi connectivity index (χ0) is 15.2. The first-order valence-electron chi connectivity index (χ1n) is 5.45. The van der Waals surface area contributed by atoms with E-state index in [4.69, 9.17) is 10.1 Å². The lowest BCUT2D eigenvalue weighted by Crippen LogP contribution is -2.50. The Kier molecular flexibility index (Phi) is 7.69. The quantitative estimate of drug-likeness (QED) is 0.492. The van der Waals surface area contributed by atoms with Gasteiger partial charge < -0.3 is 9.64 Å². The van der Waals surface area contributed by atoms with E-state index in [1.807, 2.05) is 0 Å². The summed E-state index contributed by atoms with van der Waals surface area (Å²) in [5.74, 6) is 0. The van der Waals surface area contributed by atoms with Gasteiger partial charge in [0.05, 0.1) is 6.10 Å². The molecule has 0 aliphatic rings. The minimum absolute atomic E-state index is 0.297. The van der Waals surface area contributed by atoms with Crippen molar-refractivity contribution in [3.63, 3.8) is 0 Å². The molecule has 0 rings (SSSR count). The van der Waals surface area contributed by atoms with Gasteiger partial charge in [-0.25, -0.2) is 13.3 Å². The molecule has 0 bridgehead atoms. The molecule has 0 aliphatic carbocycles. The summed E-state index contributed by atoms with van der Waals surface area (Å²) in [5.41, 5.74) is 0. The number of nitrogens with one attached hydrogen (secondary N) is 1. The highest BCUT2D eigenvalue weighted by Crippen LogP contribution is 2.20. The summed E-state index contributed by atoms with van der Waals surface area (Å²) in [6.45, 7) is 3.44. The van der Waals surface area contributed by atoms with Crippen molar-refractivity contribution in [3.8, 4) is 0 Å². The molecule has 0 atom stereocenters. The highest BCUT2D eigenvalue weighted by atomic mass is 32.2. The molecule has 0 saturated carbocycles. The third-order valence-corrected chi connectivity index (χ3v) is 3.67. The summed E-state index contributed by atoms with van der Waals surface area (Å²) in [4.78, 5) is 26.1. The zero-order valence-electron chi connectivity index (χ0n) is 12.0. The highest BCUT2D eigenvalue weighted by molar-refractivity contribution is 8.12. The third kappa shape index (κ3) is 5.19. The maximum Gasteiger partial charge on any atom is 0.356 e. The molecule has 0 spiro atoms. The summed E-state index contributed by atoms with van der Waals surface area (Å²) >= 11 is 2.31. The number of amidine groups is 1. The topological polar surface area (TPSA) is 76.9 Å². The Bertz CT molecular complexity index is 346. The average molecular weight is 308 g/mol. The highest BCUT2D eigenvalue weighted by Gasteiger charge is 2.33. The number of amides is 4. The molecule has 9 heteroatoms. The molecule has 0 aliphatic heterocycles. The number of nitrogens with zero attached hydrogens (tertiary/aromatic N) is 3. The number of imide groups is 1. The molecule has 0 fully saturated rings. The van der Waals surface area contributed by atoms with Gasteiger partial charge in [-0.05, 0) is 37.7 Å². The van der Waals surface area contributed by atoms with E-state index >= 15 is 0 Å². The van der Waals surface area contributed by atoms with Crippen LogP contribution >= 0.6 is 23.9 Å². The van der Waals surface area contributed by atoms with E-state index in [1.165, 1.54) is 22.7 Å². The molecular formula is C10H20N4O3S2. The largest absolute Gasteiger partial charge is 0.462 e. The van der Waals surface area contributed by atoms with Gasteiger partial charge in [0.2, 0.25) is 0 Å². The Morgan fingerprint density at radius 1 is 1.11 bits per heavy atom. The Morgan fingerprint density at radius 3 is 1.89 bits per heavy atom. The van der Waals surface area contributed by atoms with Crippen molar-refractivity contribution < 1.29 is 14.3 Å². The van der Waals surface area contributed by atoms with Gasteiger partial charge in [0.1, 0.15) is 0 Å². The van der Waals surface area contributed by atoms with Crippen molar-refractivity contribution in [3.05, 3.63) is 0 Å².